The molecule has 0 saturated heterocycles. The number of carbonyl (C=O) groups is 1. The van der Waals surface area contributed by atoms with Crippen molar-refractivity contribution in [1.29, 1.82) is 0 Å². The summed E-state index contributed by atoms with van der Waals surface area (Å²) in [7, 11) is 1.40. The summed E-state index contributed by atoms with van der Waals surface area (Å²) in [6.45, 7) is 0.232. The lowest BCUT2D eigenvalue weighted by atomic mass is 10.2. The molecule has 5 heteroatoms. The molecule has 19 heavy (non-hydrogen) atoms. The third-order valence-corrected chi connectivity index (χ3v) is 2.57. The number of methoxy groups -OCH3 is 1. The molecule has 0 unspecified atom stereocenters. The second-order valence-corrected chi connectivity index (χ2v) is 3.87. The highest BCUT2D eigenvalue weighted by Crippen LogP contribution is 2.17. The number of pyridine rings is 1. The number of rotatable bonds is 4. The zero-order chi connectivity index (χ0) is 13.7. The molecule has 0 radical (unpaired) electrons. The van der Waals surface area contributed by atoms with E-state index in [1.54, 1.807) is 30.5 Å². The van der Waals surface area contributed by atoms with Crippen molar-refractivity contribution < 1.29 is 13.9 Å². The van der Waals surface area contributed by atoms with E-state index in [1.165, 1.54) is 19.2 Å². The highest BCUT2D eigenvalue weighted by Gasteiger charge is 2.07. The van der Waals surface area contributed by atoms with E-state index in [0.717, 1.165) is 0 Å². The fourth-order valence-electron chi connectivity index (χ4n) is 1.59. The SMILES string of the molecule is COc1ccc(CNC(=O)c2ccccn2)cc1F. The summed E-state index contributed by atoms with van der Waals surface area (Å²) in [5.41, 5.74) is 0.985. The molecule has 98 valence electrons. The van der Waals surface area contributed by atoms with Gasteiger partial charge in [-0.25, -0.2) is 4.39 Å². The van der Waals surface area contributed by atoms with Crippen molar-refractivity contribution in [2.75, 3.05) is 7.11 Å². The van der Waals surface area contributed by atoms with Crippen LogP contribution in [-0.2, 0) is 6.54 Å². The molecular weight excluding hydrogens is 247 g/mol. The molecule has 1 amide bonds. The minimum atomic E-state index is -0.452. The van der Waals surface area contributed by atoms with Gasteiger partial charge in [-0.15, -0.1) is 0 Å². The highest BCUT2D eigenvalue weighted by molar-refractivity contribution is 5.92. The van der Waals surface area contributed by atoms with Gasteiger partial charge >= 0.3 is 0 Å². The summed E-state index contributed by atoms with van der Waals surface area (Å²) in [5.74, 6) is -0.566. The Bertz CT molecular complexity index is 573. The van der Waals surface area contributed by atoms with Gasteiger partial charge in [0.25, 0.3) is 5.91 Å². The van der Waals surface area contributed by atoms with Crippen molar-refractivity contribution in [2.24, 2.45) is 0 Å². The van der Waals surface area contributed by atoms with Crippen molar-refractivity contribution in [2.45, 2.75) is 6.54 Å². The van der Waals surface area contributed by atoms with E-state index >= 15 is 0 Å². The molecule has 0 atom stereocenters. The molecule has 0 aliphatic carbocycles. The molecule has 0 aliphatic heterocycles. The van der Waals surface area contributed by atoms with Crippen molar-refractivity contribution >= 4 is 5.91 Å². The molecule has 0 aliphatic rings. The quantitative estimate of drug-likeness (QED) is 0.916. The first-order valence-corrected chi connectivity index (χ1v) is 5.72. The minimum Gasteiger partial charge on any atom is -0.494 e. The summed E-state index contributed by atoms with van der Waals surface area (Å²) < 4.78 is 18.3. The number of hydrogen-bond donors (Lipinski definition) is 1. The second-order valence-electron chi connectivity index (χ2n) is 3.87. The van der Waals surface area contributed by atoms with Crippen LogP contribution >= 0.6 is 0 Å². The number of ether oxygens (including phenoxy) is 1. The van der Waals surface area contributed by atoms with Gasteiger partial charge in [-0.1, -0.05) is 12.1 Å². The lowest BCUT2D eigenvalue weighted by Crippen LogP contribution is -2.23. The molecule has 4 nitrogen and oxygen atoms in total. The van der Waals surface area contributed by atoms with Gasteiger partial charge in [-0.05, 0) is 29.8 Å². The van der Waals surface area contributed by atoms with Crippen LogP contribution in [0.3, 0.4) is 0 Å². The minimum absolute atomic E-state index is 0.180. The number of aromatic nitrogens is 1. The molecule has 0 spiro atoms. The predicted molar refractivity (Wildman–Crippen MR) is 68.4 cm³/mol. The van der Waals surface area contributed by atoms with E-state index in [1.807, 2.05) is 0 Å². The van der Waals surface area contributed by atoms with E-state index in [9.17, 15) is 9.18 Å². The fourth-order valence-corrected chi connectivity index (χ4v) is 1.59. The average molecular weight is 260 g/mol. The van der Waals surface area contributed by atoms with E-state index < -0.39 is 5.82 Å². The second kappa shape index (κ2) is 5.95. The summed E-state index contributed by atoms with van der Waals surface area (Å²) >= 11 is 0. The van der Waals surface area contributed by atoms with Crippen LogP contribution < -0.4 is 10.1 Å². The molecule has 1 heterocycles. The average Bonchev–Trinajstić information content (AvgIpc) is 2.46. The van der Waals surface area contributed by atoms with Gasteiger partial charge in [-0.2, -0.15) is 0 Å². The van der Waals surface area contributed by atoms with Crippen LogP contribution in [0.2, 0.25) is 0 Å². The Hall–Kier alpha value is -2.43. The van der Waals surface area contributed by atoms with Crippen LogP contribution in [0, 0.1) is 5.82 Å². The molecule has 2 aromatic rings. The maximum absolute atomic E-state index is 13.4. The van der Waals surface area contributed by atoms with E-state index in [4.69, 9.17) is 4.74 Å². The Labute approximate surface area is 110 Å². The van der Waals surface area contributed by atoms with Gasteiger partial charge in [0.2, 0.25) is 0 Å². The van der Waals surface area contributed by atoms with Crippen LogP contribution in [0.25, 0.3) is 0 Å². The maximum atomic E-state index is 13.4. The van der Waals surface area contributed by atoms with Gasteiger partial charge < -0.3 is 10.1 Å². The monoisotopic (exact) mass is 260 g/mol. The van der Waals surface area contributed by atoms with Gasteiger partial charge in [0, 0.05) is 12.7 Å². The first kappa shape index (κ1) is 13.0. The normalized spacial score (nSPS) is 10.0. The number of amides is 1. The Morgan fingerprint density at radius 1 is 1.37 bits per heavy atom. The number of halogens is 1. The van der Waals surface area contributed by atoms with Crippen LogP contribution in [0.1, 0.15) is 16.1 Å². The van der Waals surface area contributed by atoms with Crippen LogP contribution in [0.4, 0.5) is 4.39 Å². The Morgan fingerprint density at radius 3 is 2.84 bits per heavy atom. The third kappa shape index (κ3) is 3.28. The highest BCUT2D eigenvalue weighted by atomic mass is 19.1. The summed E-state index contributed by atoms with van der Waals surface area (Å²) in [6, 6.07) is 9.63. The molecule has 2 rings (SSSR count). The zero-order valence-corrected chi connectivity index (χ0v) is 10.4. The summed E-state index contributed by atoms with van der Waals surface area (Å²) in [4.78, 5) is 15.7. The third-order valence-electron chi connectivity index (χ3n) is 2.57. The molecule has 1 aromatic carbocycles. The topological polar surface area (TPSA) is 51.2 Å². The largest absolute Gasteiger partial charge is 0.494 e. The van der Waals surface area contributed by atoms with Crippen molar-refractivity contribution in [1.82, 2.24) is 10.3 Å². The summed E-state index contributed by atoms with van der Waals surface area (Å²) in [5, 5.41) is 2.67. The Morgan fingerprint density at radius 2 is 2.21 bits per heavy atom. The zero-order valence-electron chi connectivity index (χ0n) is 10.4. The van der Waals surface area contributed by atoms with Crippen LogP contribution in [-0.4, -0.2) is 18.0 Å². The van der Waals surface area contributed by atoms with Crippen molar-refractivity contribution in [3.8, 4) is 5.75 Å². The first-order chi connectivity index (χ1) is 9.20. The van der Waals surface area contributed by atoms with E-state index in [0.29, 0.717) is 11.3 Å². The molecule has 1 aromatic heterocycles. The van der Waals surface area contributed by atoms with E-state index in [2.05, 4.69) is 10.3 Å². The smallest absolute Gasteiger partial charge is 0.270 e. The number of nitrogens with zero attached hydrogens (tertiary/aromatic N) is 1. The molecule has 0 bridgehead atoms. The molecule has 1 N–H and O–H groups in total. The maximum Gasteiger partial charge on any atom is 0.270 e. The number of hydrogen-bond acceptors (Lipinski definition) is 3. The van der Waals surface area contributed by atoms with Crippen LogP contribution in [0.5, 0.6) is 5.75 Å². The first-order valence-electron chi connectivity index (χ1n) is 5.72. The Kier molecular flexibility index (Phi) is 4.07. The fraction of sp³-hybridized carbons (Fsp3) is 0.143. The van der Waals surface area contributed by atoms with Crippen molar-refractivity contribution in [3.63, 3.8) is 0 Å². The lowest BCUT2D eigenvalue weighted by molar-refractivity contribution is 0.0946. The molecule has 0 fully saturated rings. The Balaban J connectivity index is 1.99. The van der Waals surface area contributed by atoms with Crippen LogP contribution in [0.15, 0.2) is 42.6 Å². The van der Waals surface area contributed by atoms with Crippen molar-refractivity contribution in [3.05, 3.63) is 59.7 Å². The number of benzene rings is 1. The number of nitrogens with one attached hydrogen (secondary N) is 1. The van der Waals surface area contributed by atoms with Gasteiger partial charge in [0.15, 0.2) is 11.6 Å². The number of carbonyl (C=O) groups excluding carboxylic acids is 1. The molecule has 0 saturated carbocycles. The van der Waals surface area contributed by atoms with E-state index in [-0.39, 0.29) is 18.2 Å². The lowest BCUT2D eigenvalue weighted by Gasteiger charge is -2.07. The predicted octanol–water partition coefficient (Wildman–Crippen LogP) is 2.16. The summed E-state index contributed by atoms with van der Waals surface area (Å²) in [6.07, 6.45) is 1.54. The standard InChI is InChI=1S/C14H13FN2O2/c1-19-13-6-5-10(8-11(13)15)9-17-14(18)12-4-2-3-7-16-12/h2-8H,9H2,1H3,(H,17,18). The van der Waals surface area contributed by atoms with Gasteiger partial charge in [-0.3, -0.25) is 9.78 Å². The van der Waals surface area contributed by atoms with Gasteiger partial charge in [0.1, 0.15) is 5.69 Å². The van der Waals surface area contributed by atoms with Gasteiger partial charge in [0.05, 0.1) is 7.11 Å². The molecular formula is C14H13FN2O2.